The molecule has 0 fully saturated rings. The molecule has 0 bridgehead atoms. The average molecular weight is 100 g/mol. The Labute approximate surface area is 33.7 Å². The number of halogens is 3. The molecule has 0 radical (unpaired) electrons. The Balaban J connectivity index is 3.02. The molecule has 0 nitrogen and oxygen atoms in total. The Bertz CT molecular complexity index is 23.1. The Hall–Kier alpha value is 0.150. The third-order valence-electron chi connectivity index (χ3n) is 0. The highest BCUT2D eigenvalue weighted by Gasteiger charge is 2.12. The smallest absolute Gasteiger partial charge is 0.189 e. The van der Waals surface area contributed by atoms with E-state index in [0.29, 0.717) is 6.92 Å². The zero-order valence-electron chi connectivity index (χ0n) is 2.63. The third-order valence-corrected chi connectivity index (χ3v) is 0. The summed E-state index contributed by atoms with van der Waals surface area (Å²) in [6.45, 7) is 0.620. The van der Waals surface area contributed by atoms with Crippen molar-refractivity contribution in [2.45, 2.75) is 12.3 Å². The number of alkyl halides is 3. The van der Waals surface area contributed by atoms with E-state index in [1.54, 1.807) is 0 Å². The van der Waals surface area contributed by atoms with Gasteiger partial charge < -0.3 is 0 Å². The fraction of sp³-hybridized carbons (Fsp3) is 1.00. The highest BCUT2D eigenvalue weighted by atomic mass is 35.5. The van der Waals surface area contributed by atoms with E-state index in [-0.39, 0.29) is 0 Å². The zero-order valence-corrected chi connectivity index (χ0v) is 3.39. The molecule has 0 rings (SSSR count). The topological polar surface area (TPSA) is 0 Å². The Morgan fingerprint density at radius 3 is 1.60 bits per heavy atom. The van der Waals surface area contributed by atoms with Crippen molar-refractivity contribution >= 4 is 11.6 Å². The monoisotopic (exact) mass is 100.0 g/mol. The van der Waals surface area contributed by atoms with Gasteiger partial charge in [0, 0.05) is 6.92 Å². The van der Waals surface area contributed by atoms with E-state index in [9.17, 15) is 8.78 Å². The summed E-state index contributed by atoms with van der Waals surface area (Å²) in [5.74, 6) is 0. The lowest BCUT2D eigenvalue weighted by molar-refractivity contribution is 0.119. The van der Waals surface area contributed by atoms with E-state index in [1.165, 1.54) is 0 Å². The van der Waals surface area contributed by atoms with Crippen LogP contribution in [0, 0.1) is 0 Å². The summed E-state index contributed by atoms with van der Waals surface area (Å²) >= 11 is 4.20. The lowest BCUT2D eigenvalue weighted by Crippen LogP contribution is -1.92. The van der Waals surface area contributed by atoms with Crippen LogP contribution in [0.3, 0.4) is 0 Å². The molecule has 0 aromatic rings. The lowest BCUT2D eigenvalue weighted by Gasteiger charge is -1.90. The summed E-state index contributed by atoms with van der Waals surface area (Å²) in [7, 11) is 0. The van der Waals surface area contributed by atoms with E-state index in [1.807, 2.05) is 0 Å². The molecule has 0 saturated carbocycles. The first-order valence-corrected chi connectivity index (χ1v) is 1.44. The van der Waals surface area contributed by atoms with Crippen molar-refractivity contribution in [1.82, 2.24) is 0 Å². The Morgan fingerprint density at radius 2 is 1.60 bits per heavy atom. The maximum absolute atomic E-state index is 10.8. The highest BCUT2D eigenvalue weighted by Crippen LogP contribution is 2.15. The molecule has 0 aromatic carbocycles. The minimum atomic E-state index is -3.03. The van der Waals surface area contributed by atoms with Crippen LogP contribution >= 0.6 is 11.6 Å². The van der Waals surface area contributed by atoms with Gasteiger partial charge in [-0.05, 0) is 11.6 Å². The van der Waals surface area contributed by atoms with Crippen LogP contribution in [0.15, 0.2) is 0 Å². The molecule has 0 saturated heterocycles. The van der Waals surface area contributed by atoms with Crippen molar-refractivity contribution in [3.8, 4) is 0 Å². The molecule has 0 aliphatic carbocycles. The molecule has 0 N–H and O–H groups in total. The summed E-state index contributed by atoms with van der Waals surface area (Å²) in [6.07, 6.45) is 0. The first-order chi connectivity index (χ1) is 2.00. The predicted octanol–water partition coefficient (Wildman–Crippen LogP) is 1.84. The SMILES string of the molecule is CC(F)(F)Cl. The summed E-state index contributed by atoms with van der Waals surface area (Å²) in [4.78, 5) is 0. The fourth-order valence-electron chi connectivity index (χ4n) is 0. The average Bonchev–Trinajstić information content (AvgIpc) is 0.722. The Morgan fingerprint density at radius 1 is 1.60 bits per heavy atom. The molecule has 0 aromatic heterocycles. The van der Waals surface area contributed by atoms with Crippen LogP contribution in [-0.2, 0) is 0 Å². The number of hydrogen-bond acceptors (Lipinski definition) is 0. The van der Waals surface area contributed by atoms with Crippen LogP contribution in [0.5, 0.6) is 0 Å². The molecule has 5 heavy (non-hydrogen) atoms. The molecule has 0 unspecified atom stereocenters. The molecule has 3 heteroatoms. The number of rotatable bonds is 0. The lowest BCUT2D eigenvalue weighted by atomic mass is 10.9. The molecule has 0 aliphatic rings. The molecular formula is C2H3ClF2. The van der Waals surface area contributed by atoms with Crippen molar-refractivity contribution in [3.63, 3.8) is 0 Å². The van der Waals surface area contributed by atoms with Gasteiger partial charge in [-0.15, -0.1) is 0 Å². The van der Waals surface area contributed by atoms with Gasteiger partial charge in [0.1, 0.15) is 0 Å². The Kier molecular flexibility index (Phi) is 1.12. The standard InChI is InChI=1S/C2H3ClF2/c1-2(3,4)5/h1H3. The summed E-state index contributed by atoms with van der Waals surface area (Å²) < 4.78 is 21.6. The van der Waals surface area contributed by atoms with Gasteiger partial charge in [-0.3, -0.25) is 0 Å². The molecule has 0 aliphatic heterocycles. The van der Waals surface area contributed by atoms with Gasteiger partial charge in [0.25, 0.3) is 0 Å². The van der Waals surface area contributed by atoms with Gasteiger partial charge >= 0.3 is 5.38 Å². The zero-order chi connectivity index (χ0) is 4.50. The summed E-state index contributed by atoms with van der Waals surface area (Å²) in [5, 5.41) is -3.03. The van der Waals surface area contributed by atoms with Crippen LogP contribution in [0.1, 0.15) is 6.92 Å². The van der Waals surface area contributed by atoms with Crippen LogP contribution in [0.2, 0.25) is 0 Å². The maximum atomic E-state index is 10.8. The van der Waals surface area contributed by atoms with Crippen molar-refractivity contribution in [3.05, 3.63) is 0 Å². The fourth-order valence-corrected chi connectivity index (χ4v) is 0. The van der Waals surface area contributed by atoms with Crippen LogP contribution < -0.4 is 0 Å². The van der Waals surface area contributed by atoms with Crippen molar-refractivity contribution in [2.24, 2.45) is 0 Å². The van der Waals surface area contributed by atoms with E-state index < -0.39 is 5.38 Å². The van der Waals surface area contributed by atoms with Crippen molar-refractivity contribution in [1.29, 1.82) is 0 Å². The quantitative estimate of drug-likeness (QED) is 0.408. The maximum Gasteiger partial charge on any atom is 0.318 e. The van der Waals surface area contributed by atoms with Gasteiger partial charge in [0.15, 0.2) is 0 Å². The van der Waals surface area contributed by atoms with E-state index in [2.05, 4.69) is 11.6 Å². The van der Waals surface area contributed by atoms with Gasteiger partial charge in [-0.25, -0.2) is 0 Å². The molecule has 32 valence electrons. The second-order valence-electron chi connectivity index (χ2n) is 0.781. The van der Waals surface area contributed by atoms with E-state index >= 15 is 0 Å². The minimum absolute atomic E-state index is 0.620. The second-order valence-corrected chi connectivity index (χ2v) is 1.44. The molecule has 0 atom stereocenters. The van der Waals surface area contributed by atoms with Gasteiger partial charge in [-0.2, -0.15) is 8.78 Å². The van der Waals surface area contributed by atoms with Crippen LogP contribution in [0.4, 0.5) is 8.78 Å². The molecule has 0 heterocycles. The van der Waals surface area contributed by atoms with Crippen LogP contribution in [0.25, 0.3) is 0 Å². The summed E-state index contributed by atoms with van der Waals surface area (Å²) in [5.41, 5.74) is 0. The van der Waals surface area contributed by atoms with Gasteiger partial charge in [0.2, 0.25) is 0 Å². The van der Waals surface area contributed by atoms with Crippen molar-refractivity contribution in [2.75, 3.05) is 0 Å². The predicted molar refractivity (Wildman–Crippen MR) is 16.5 cm³/mol. The minimum Gasteiger partial charge on any atom is -0.189 e. The largest absolute Gasteiger partial charge is 0.318 e. The molecular weight excluding hydrogens is 97.5 g/mol. The molecule has 0 amide bonds. The third kappa shape index (κ3) is 853. The van der Waals surface area contributed by atoms with Gasteiger partial charge in [0.05, 0.1) is 0 Å². The molecule has 0 spiro atoms. The normalized spacial score (nSPS) is 12.0. The summed E-state index contributed by atoms with van der Waals surface area (Å²) in [6, 6.07) is 0. The van der Waals surface area contributed by atoms with Crippen LogP contribution in [-0.4, -0.2) is 5.38 Å². The van der Waals surface area contributed by atoms with Crippen molar-refractivity contribution < 1.29 is 8.78 Å². The first-order valence-electron chi connectivity index (χ1n) is 1.07. The van der Waals surface area contributed by atoms with E-state index in [4.69, 9.17) is 0 Å². The van der Waals surface area contributed by atoms with E-state index in [0.717, 1.165) is 0 Å². The second kappa shape index (κ2) is 1.09. The highest BCUT2D eigenvalue weighted by molar-refractivity contribution is 6.21. The number of hydrogen-bond donors (Lipinski definition) is 0. The van der Waals surface area contributed by atoms with Gasteiger partial charge in [-0.1, -0.05) is 0 Å². The first kappa shape index (κ1) is 5.15.